The normalized spacial score (nSPS) is 23.6. The summed E-state index contributed by atoms with van der Waals surface area (Å²) in [5, 5.41) is 14.0. The van der Waals surface area contributed by atoms with Crippen LogP contribution in [0.1, 0.15) is 24.8 Å². The van der Waals surface area contributed by atoms with Crippen molar-refractivity contribution in [2.24, 2.45) is 5.73 Å². The van der Waals surface area contributed by atoms with Crippen molar-refractivity contribution in [1.82, 2.24) is 0 Å². The fourth-order valence-corrected chi connectivity index (χ4v) is 2.33. The van der Waals surface area contributed by atoms with Crippen LogP contribution in [0.2, 0.25) is 0 Å². The Morgan fingerprint density at radius 2 is 2.24 bits per heavy atom. The number of nitrogens with two attached hydrogens (primary N) is 1. The van der Waals surface area contributed by atoms with E-state index in [1.165, 1.54) is 6.07 Å². The van der Waals surface area contributed by atoms with Crippen molar-refractivity contribution in [3.63, 3.8) is 0 Å². The lowest BCUT2D eigenvalue weighted by Gasteiger charge is -2.18. The summed E-state index contributed by atoms with van der Waals surface area (Å²) in [6.07, 6.45) is 3.26. The minimum atomic E-state index is -0.361. The molecule has 5 heteroatoms. The van der Waals surface area contributed by atoms with Gasteiger partial charge in [-0.1, -0.05) is 0 Å². The summed E-state index contributed by atoms with van der Waals surface area (Å²) < 4.78 is 0. The van der Waals surface area contributed by atoms with Crippen LogP contribution in [-0.2, 0) is 0 Å². The van der Waals surface area contributed by atoms with Crippen molar-refractivity contribution in [3.05, 3.63) is 33.9 Å². The minimum Gasteiger partial charge on any atom is -0.381 e. The fraction of sp³-hybridized carbons (Fsp3) is 0.500. The number of nitro groups is 1. The molecule has 0 amide bonds. The largest absolute Gasteiger partial charge is 0.381 e. The van der Waals surface area contributed by atoms with Gasteiger partial charge in [-0.3, -0.25) is 10.1 Å². The van der Waals surface area contributed by atoms with E-state index in [0.29, 0.717) is 5.56 Å². The third-order valence-corrected chi connectivity index (χ3v) is 3.31. The van der Waals surface area contributed by atoms with Crippen molar-refractivity contribution in [3.8, 4) is 0 Å². The van der Waals surface area contributed by atoms with E-state index >= 15 is 0 Å². The van der Waals surface area contributed by atoms with E-state index in [9.17, 15) is 10.1 Å². The highest BCUT2D eigenvalue weighted by Gasteiger charge is 2.23. The van der Waals surface area contributed by atoms with E-state index in [1.807, 2.05) is 6.07 Å². The van der Waals surface area contributed by atoms with Gasteiger partial charge in [0, 0.05) is 29.4 Å². The highest BCUT2D eigenvalue weighted by Crippen LogP contribution is 2.25. The Hall–Kier alpha value is -1.62. The van der Waals surface area contributed by atoms with Crippen LogP contribution >= 0.6 is 0 Å². The van der Waals surface area contributed by atoms with Gasteiger partial charge < -0.3 is 11.1 Å². The number of hydrogen-bond acceptors (Lipinski definition) is 4. The molecule has 92 valence electrons. The summed E-state index contributed by atoms with van der Waals surface area (Å²) in [5.74, 6) is 0. The van der Waals surface area contributed by atoms with Crippen molar-refractivity contribution in [1.29, 1.82) is 0 Å². The fourth-order valence-electron chi connectivity index (χ4n) is 2.33. The molecule has 2 rings (SSSR count). The first-order valence-electron chi connectivity index (χ1n) is 5.85. The van der Waals surface area contributed by atoms with Gasteiger partial charge in [-0.2, -0.15) is 0 Å². The first-order chi connectivity index (χ1) is 8.08. The van der Waals surface area contributed by atoms with Gasteiger partial charge in [0.2, 0.25) is 0 Å². The molecule has 1 saturated carbocycles. The third kappa shape index (κ3) is 2.55. The van der Waals surface area contributed by atoms with E-state index in [1.54, 1.807) is 13.0 Å². The van der Waals surface area contributed by atoms with Crippen molar-refractivity contribution in [2.45, 2.75) is 38.3 Å². The summed E-state index contributed by atoms with van der Waals surface area (Å²) in [6, 6.07) is 5.57. The molecule has 2 unspecified atom stereocenters. The quantitative estimate of drug-likeness (QED) is 0.621. The second-order valence-corrected chi connectivity index (χ2v) is 4.60. The van der Waals surface area contributed by atoms with Crippen LogP contribution in [0.25, 0.3) is 0 Å². The van der Waals surface area contributed by atoms with Crippen LogP contribution in [-0.4, -0.2) is 17.0 Å². The van der Waals surface area contributed by atoms with Crippen LogP contribution in [0.4, 0.5) is 11.4 Å². The number of hydrogen-bond donors (Lipinski definition) is 2. The molecule has 5 nitrogen and oxygen atoms in total. The Morgan fingerprint density at radius 1 is 1.47 bits per heavy atom. The maximum absolute atomic E-state index is 10.7. The van der Waals surface area contributed by atoms with E-state index in [-0.39, 0.29) is 22.7 Å². The average molecular weight is 235 g/mol. The molecule has 0 aromatic heterocycles. The number of nitro benzene ring substituents is 1. The highest BCUT2D eigenvalue weighted by molar-refractivity contribution is 5.54. The second-order valence-electron chi connectivity index (χ2n) is 4.60. The van der Waals surface area contributed by atoms with Gasteiger partial charge in [0.1, 0.15) is 0 Å². The molecule has 0 spiro atoms. The predicted molar refractivity (Wildman–Crippen MR) is 67.1 cm³/mol. The van der Waals surface area contributed by atoms with Crippen molar-refractivity contribution >= 4 is 11.4 Å². The Bertz CT molecular complexity index is 434. The topological polar surface area (TPSA) is 81.2 Å². The third-order valence-electron chi connectivity index (χ3n) is 3.31. The van der Waals surface area contributed by atoms with E-state index in [2.05, 4.69) is 5.32 Å². The van der Waals surface area contributed by atoms with Gasteiger partial charge in [0.25, 0.3) is 5.69 Å². The molecule has 0 bridgehead atoms. The molecule has 17 heavy (non-hydrogen) atoms. The zero-order valence-electron chi connectivity index (χ0n) is 9.85. The lowest BCUT2D eigenvalue weighted by atomic mass is 10.1. The maximum Gasteiger partial charge on any atom is 0.272 e. The first kappa shape index (κ1) is 11.9. The monoisotopic (exact) mass is 235 g/mol. The lowest BCUT2D eigenvalue weighted by molar-refractivity contribution is -0.385. The van der Waals surface area contributed by atoms with Gasteiger partial charge in [-0.25, -0.2) is 0 Å². The molecule has 1 fully saturated rings. The van der Waals surface area contributed by atoms with Crippen LogP contribution in [0.3, 0.4) is 0 Å². The number of rotatable bonds is 3. The molecule has 0 aliphatic heterocycles. The molecule has 1 aliphatic carbocycles. The zero-order valence-corrected chi connectivity index (χ0v) is 9.85. The van der Waals surface area contributed by atoms with Crippen molar-refractivity contribution < 1.29 is 4.92 Å². The zero-order chi connectivity index (χ0) is 12.4. The molecule has 0 heterocycles. The number of anilines is 1. The molecule has 3 N–H and O–H groups in total. The minimum absolute atomic E-state index is 0.159. The molecular weight excluding hydrogens is 218 g/mol. The van der Waals surface area contributed by atoms with E-state index in [0.717, 1.165) is 24.9 Å². The smallest absolute Gasteiger partial charge is 0.272 e. The first-order valence-corrected chi connectivity index (χ1v) is 5.85. The Labute approximate surface area is 100 Å². The molecule has 1 aliphatic rings. The molecule has 0 saturated heterocycles. The molecule has 2 atom stereocenters. The number of aryl methyl sites for hydroxylation is 1. The van der Waals surface area contributed by atoms with Crippen LogP contribution in [0, 0.1) is 17.0 Å². The highest BCUT2D eigenvalue weighted by atomic mass is 16.6. The summed E-state index contributed by atoms with van der Waals surface area (Å²) in [7, 11) is 0. The van der Waals surface area contributed by atoms with Gasteiger partial charge in [0.15, 0.2) is 0 Å². The summed E-state index contributed by atoms with van der Waals surface area (Å²) >= 11 is 0. The number of nitrogens with one attached hydrogen (secondary N) is 1. The van der Waals surface area contributed by atoms with Gasteiger partial charge in [-0.15, -0.1) is 0 Å². The molecule has 0 radical (unpaired) electrons. The van der Waals surface area contributed by atoms with Crippen LogP contribution in [0.5, 0.6) is 0 Å². The van der Waals surface area contributed by atoms with Crippen LogP contribution < -0.4 is 11.1 Å². The molecule has 1 aromatic carbocycles. The number of nitrogens with zero attached hydrogens (tertiary/aromatic N) is 1. The summed E-state index contributed by atoms with van der Waals surface area (Å²) in [5.41, 5.74) is 7.72. The summed E-state index contributed by atoms with van der Waals surface area (Å²) in [4.78, 5) is 10.3. The SMILES string of the molecule is Cc1cc(NC2CCCC2N)ccc1[N+](=O)[O-]. The lowest BCUT2D eigenvalue weighted by Crippen LogP contribution is -2.35. The summed E-state index contributed by atoms with van der Waals surface area (Å²) in [6.45, 7) is 1.75. The van der Waals surface area contributed by atoms with Crippen molar-refractivity contribution in [2.75, 3.05) is 5.32 Å². The Morgan fingerprint density at radius 3 is 2.76 bits per heavy atom. The maximum atomic E-state index is 10.7. The van der Waals surface area contributed by atoms with Gasteiger partial charge in [-0.05, 0) is 38.3 Å². The Kier molecular flexibility index (Phi) is 3.28. The average Bonchev–Trinajstić information content (AvgIpc) is 2.64. The van der Waals surface area contributed by atoms with E-state index in [4.69, 9.17) is 5.73 Å². The van der Waals surface area contributed by atoms with E-state index < -0.39 is 0 Å². The number of benzene rings is 1. The van der Waals surface area contributed by atoms with Gasteiger partial charge in [0.05, 0.1) is 4.92 Å². The Balaban J connectivity index is 2.12. The van der Waals surface area contributed by atoms with Crippen LogP contribution in [0.15, 0.2) is 18.2 Å². The molecular formula is C12H17N3O2. The van der Waals surface area contributed by atoms with Gasteiger partial charge >= 0.3 is 0 Å². The molecule has 1 aromatic rings. The standard InChI is InChI=1S/C12H17N3O2/c1-8-7-9(5-6-12(8)15(16)17)14-11-4-2-3-10(11)13/h5-7,10-11,14H,2-4,13H2,1H3. The predicted octanol–water partition coefficient (Wildman–Crippen LogP) is 2.19. The second kappa shape index (κ2) is 4.71.